The van der Waals surface area contributed by atoms with Gasteiger partial charge < -0.3 is 10.1 Å². The fourth-order valence-corrected chi connectivity index (χ4v) is 1.91. The lowest BCUT2D eigenvalue weighted by atomic mass is 10.2. The lowest BCUT2D eigenvalue weighted by molar-refractivity contribution is 0.0490. The summed E-state index contributed by atoms with van der Waals surface area (Å²) in [7, 11) is 0. The highest BCUT2D eigenvalue weighted by Gasteiger charge is 2.30. The summed E-state index contributed by atoms with van der Waals surface area (Å²) in [6, 6.07) is 9.79. The molecule has 1 unspecified atom stereocenters. The highest BCUT2D eigenvalue weighted by atomic mass is 16.5. The molecule has 1 heterocycles. The summed E-state index contributed by atoms with van der Waals surface area (Å²) in [6.07, 6.45) is 0.698. The van der Waals surface area contributed by atoms with Gasteiger partial charge in [0.2, 0.25) is 0 Å². The van der Waals surface area contributed by atoms with Crippen LogP contribution in [-0.2, 0) is 4.74 Å². The number of hydrogen-bond donors (Lipinski definition) is 1. The molecule has 1 saturated heterocycles. The molecule has 17 heavy (non-hydrogen) atoms. The second-order valence-corrected chi connectivity index (χ2v) is 4.06. The third kappa shape index (κ3) is 2.77. The molecule has 1 fully saturated rings. The Balaban J connectivity index is 2.05. The lowest BCUT2D eigenvalue weighted by Crippen LogP contribution is -2.40. The molecular weight excluding hydrogens is 216 g/mol. The maximum Gasteiger partial charge on any atom is 0.319 e. The molecule has 2 amide bonds. The molecule has 1 aromatic carbocycles. The quantitative estimate of drug-likeness (QED) is 0.870. The molecule has 1 aromatic rings. The molecule has 4 nitrogen and oxygen atoms in total. The summed E-state index contributed by atoms with van der Waals surface area (Å²) in [5, 5.41) is 2.88. The zero-order valence-corrected chi connectivity index (χ0v) is 10.1. The number of urea groups is 1. The summed E-state index contributed by atoms with van der Waals surface area (Å²) >= 11 is 0. The van der Waals surface area contributed by atoms with Crippen molar-refractivity contribution >= 4 is 6.03 Å². The van der Waals surface area contributed by atoms with E-state index < -0.39 is 0 Å². The average molecular weight is 234 g/mol. The van der Waals surface area contributed by atoms with Crippen molar-refractivity contribution in [2.45, 2.75) is 19.6 Å². The van der Waals surface area contributed by atoms with Crippen molar-refractivity contribution in [3.05, 3.63) is 35.9 Å². The van der Waals surface area contributed by atoms with Crippen LogP contribution in [0.2, 0.25) is 0 Å². The Labute approximate surface area is 102 Å². The van der Waals surface area contributed by atoms with E-state index in [4.69, 9.17) is 4.74 Å². The number of ether oxygens (including phenoxy) is 1. The van der Waals surface area contributed by atoms with E-state index in [2.05, 4.69) is 5.32 Å². The van der Waals surface area contributed by atoms with Gasteiger partial charge in [0, 0.05) is 18.7 Å². The first kappa shape index (κ1) is 11.9. The van der Waals surface area contributed by atoms with E-state index in [1.807, 2.05) is 37.3 Å². The van der Waals surface area contributed by atoms with E-state index in [-0.39, 0.29) is 12.3 Å². The number of amides is 2. The second-order valence-electron chi connectivity index (χ2n) is 4.06. The minimum Gasteiger partial charge on any atom is -0.352 e. The maximum atomic E-state index is 11.9. The van der Waals surface area contributed by atoms with Gasteiger partial charge in [-0.3, -0.25) is 4.90 Å². The van der Waals surface area contributed by atoms with Crippen molar-refractivity contribution in [1.29, 1.82) is 0 Å². The Morgan fingerprint density at radius 2 is 2.24 bits per heavy atom. The van der Waals surface area contributed by atoms with Crippen LogP contribution in [0.25, 0.3) is 0 Å². The molecule has 1 aliphatic rings. The van der Waals surface area contributed by atoms with E-state index in [0.717, 1.165) is 12.0 Å². The van der Waals surface area contributed by atoms with Crippen LogP contribution in [0.4, 0.5) is 4.79 Å². The summed E-state index contributed by atoms with van der Waals surface area (Å²) < 4.78 is 5.62. The van der Waals surface area contributed by atoms with Crippen molar-refractivity contribution in [3.8, 4) is 0 Å². The molecule has 1 N–H and O–H groups in total. The van der Waals surface area contributed by atoms with Gasteiger partial charge in [-0.05, 0) is 6.42 Å². The topological polar surface area (TPSA) is 41.6 Å². The van der Waals surface area contributed by atoms with Crippen molar-refractivity contribution in [2.24, 2.45) is 0 Å². The number of hydrogen-bond acceptors (Lipinski definition) is 2. The third-order valence-corrected chi connectivity index (χ3v) is 2.76. The zero-order chi connectivity index (χ0) is 12.1. The molecule has 0 radical (unpaired) electrons. The SMILES string of the molecule is CCCNC(=O)N1CCOC1c1ccccc1. The highest BCUT2D eigenvalue weighted by molar-refractivity contribution is 5.74. The smallest absolute Gasteiger partial charge is 0.319 e. The van der Waals surface area contributed by atoms with Gasteiger partial charge in [-0.2, -0.15) is 0 Å². The Hall–Kier alpha value is -1.55. The van der Waals surface area contributed by atoms with Crippen LogP contribution in [0.1, 0.15) is 25.1 Å². The van der Waals surface area contributed by atoms with E-state index >= 15 is 0 Å². The fraction of sp³-hybridized carbons (Fsp3) is 0.462. The first-order valence-electron chi connectivity index (χ1n) is 6.04. The largest absolute Gasteiger partial charge is 0.352 e. The van der Waals surface area contributed by atoms with E-state index in [9.17, 15) is 4.79 Å². The number of nitrogens with zero attached hydrogens (tertiary/aromatic N) is 1. The number of benzene rings is 1. The number of carbonyl (C=O) groups is 1. The van der Waals surface area contributed by atoms with Gasteiger partial charge in [0.1, 0.15) is 0 Å². The minimum absolute atomic E-state index is 0.0433. The molecule has 0 spiro atoms. The molecule has 0 aliphatic carbocycles. The van der Waals surface area contributed by atoms with Crippen molar-refractivity contribution in [2.75, 3.05) is 19.7 Å². The summed E-state index contributed by atoms with van der Waals surface area (Å²) in [5.41, 5.74) is 1.02. The van der Waals surface area contributed by atoms with Crippen LogP contribution in [0, 0.1) is 0 Å². The van der Waals surface area contributed by atoms with Crippen LogP contribution in [-0.4, -0.2) is 30.6 Å². The van der Waals surface area contributed by atoms with Gasteiger partial charge in [-0.15, -0.1) is 0 Å². The Bertz CT molecular complexity index is 367. The van der Waals surface area contributed by atoms with Crippen LogP contribution < -0.4 is 5.32 Å². The normalized spacial score (nSPS) is 19.4. The first-order valence-corrected chi connectivity index (χ1v) is 6.04. The molecule has 4 heteroatoms. The predicted molar refractivity (Wildman–Crippen MR) is 65.5 cm³/mol. The molecule has 2 rings (SSSR count). The van der Waals surface area contributed by atoms with Crippen molar-refractivity contribution in [3.63, 3.8) is 0 Å². The average Bonchev–Trinajstić information content (AvgIpc) is 2.86. The minimum atomic E-state index is -0.243. The summed E-state index contributed by atoms with van der Waals surface area (Å²) in [6.45, 7) is 3.99. The van der Waals surface area contributed by atoms with Gasteiger partial charge >= 0.3 is 6.03 Å². The van der Waals surface area contributed by atoms with Crippen LogP contribution in [0.3, 0.4) is 0 Å². The Kier molecular flexibility index (Phi) is 3.98. The lowest BCUT2D eigenvalue weighted by Gasteiger charge is -2.23. The number of rotatable bonds is 3. The highest BCUT2D eigenvalue weighted by Crippen LogP contribution is 2.26. The van der Waals surface area contributed by atoms with Gasteiger partial charge in [-0.25, -0.2) is 4.79 Å². The Morgan fingerprint density at radius 3 is 2.94 bits per heavy atom. The van der Waals surface area contributed by atoms with Crippen LogP contribution in [0.5, 0.6) is 0 Å². The molecule has 0 saturated carbocycles. The Morgan fingerprint density at radius 1 is 1.47 bits per heavy atom. The van der Waals surface area contributed by atoms with Gasteiger partial charge in [0.25, 0.3) is 0 Å². The molecule has 92 valence electrons. The predicted octanol–water partition coefficient (Wildman–Crippen LogP) is 2.14. The molecule has 1 aliphatic heterocycles. The van der Waals surface area contributed by atoms with E-state index in [0.29, 0.717) is 19.7 Å². The van der Waals surface area contributed by atoms with Crippen LogP contribution >= 0.6 is 0 Å². The monoisotopic (exact) mass is 234 g/mol. The number of carbonyl (C=O) groups excluding carboxylic acids is 1. The van der Waals surface area contributed by atoms with Gasteiger partial charge in [0.15, 0.2) is 6.23 Å². The molecular formula is C13H18N2O2. The zero-order valence-electron chi connectivity index (χ0n) is 10.1. The van der Waals surface area contributed by atoms with E-state index in [1.54, 1.807) is 4.90 Å². The van der Waals surface area contributed by atoms with Gasteiger partial charge in [-0.1, -0.05) is 37.3 Å². The van der Waals surface area contributed by atoms with Crippen LogP contribution in [0.15, 0.2) is 30.3 Å². The third-order valence-electron chi connectivity index (χ3n) is 2.76. The summed E-state index contributed by atoms with van der Waals surface area (Å²) in [5.74, 6) is 0. The maximum absolute atomic E-state index is 11.9. The van der Waals surface area contributed by atoms with E-state index in [1.165, 1.54) is 0 Å². The standard InChI is InChI=1S/C13H18N2O2/c1-2-8-14-13(16)15-9-10-17-12(15)11-6-4-3-5-7-11/h3-7,12H,2,8-10H2,1H3,(H,14,16). The number of nitrogens with one attached hydrogen (secondary N) is 1. The molecule has 0 bridgehead atoms. The first-order chi connectivity index (χ1) is 8.33. The fourth-order valence-electron chi connectivity index (χ4n) is 1.91. The molecule has 1 atom stereocenters. The second kappa shape index (κ2) is 5.68. The summed E-state index contributed by atoms with van der Waals surface area (Å²) in [4.78, 5) is 13.7. The molecule has 0 aromatic heterocycles. The van der Waals surface area contributed by atoms with Crippen molar-refractivity contribution < 1.29 is 9.53 Å². The van der Waals surface area contributed by atoms with Crippen molar-refractivity contribution in [1.82, 2.24) is 10.2 Å². The van der Waals surface area contributed by atoms with Gasteiger partial charge in [0.05, 0.1) is 6.61 Å².